The zero-order valence-corrected chi connectivity index (χ0v) is 12.3. The number of amides is 2. The van der Waals surface area contributed by atoms with Gasteiger partial charge in [-0.15, -0.1) is 21.5 Å². The fourth-order valence-corrected chi connectivity index (χ4v) is 3.39. The van der Waals surface area contributed by atoms with Gasteiger partial charge in [0.15, 0.2) is 0 Å². The number of carbonyl (C=O) groups excluding carboxylic acids is 2. The average Bonchev–Trinajstić information content (AvgIpc) is 2.96. The van der Waals surface area contributed by atoms with Crippen molar-refractivity contribution in [2.45, 2.75) is 25.7 Å². The van der Waals surface area contributed by atoms with E-state index in [0.717, 1.165) is 17.8 Å². The minimum Gasteiger partial charge on any atom is -0.318 e. The number of nitrogens with one attached hydrogen (secondary N) is 2. The Labute approximate surface area is 123 Å². The minimum absolute atomic E-state index is 0.156. The highest BCUT2D eigenvalue weighted by molar-refractivity contribution is 7.18. The zero-order chi connectivity index (χ0) is 14.1. The smallest absolute Gasteiger partial charge is 0.267 e. The van der Waals surface area contributed by atoms with Gasteiger partial charge in [0.2, 0.25) is 11.0 Å². The Bertz CT molecular complexity index is 660. The van der Waals surface area contributed by atoms with Gasteiger partial charge in [0.1, 0.15) is 5.01 Å². The number of thiophene rings is 1. The van der Waals surface area contributed by atoms with E-state index in [9.17, 15) is 9.59 Å². The molecule has 0 spiro atoms. The summed E-state index contributed by atoms with van der Waals surface area (Å²) in [7, 11) is 0. The Morgan fingerprint density at radius 2 is 2.00 bits per heavy atom. The largest absolute Gasteiger partial charge is 0.318 e. The summed E-state index contributed by atoms with van der Waals surface area (Å²) in [5.41, 5.74) is 0. The van der Waals surface area contributed by atoms with Crippen LogP contribution in [0.15, 0.2) is 12.1 Å². The Morgan fingerprint density at radius 3 is 2.70 bits per heavy atom. The number of carbonyl (C=O) groups is 2. The van der Waals surface area contributed by atoms with E-state index >= 15 is 0 Å². The number of rotatable bonds is 4. The first kappa shape index (κ1) is 13.2. The molecule has 2 amide bonds. The van der Waals surface area contributed by atoms with E-state index in [4.69, 9.17) is 0 Å². The summed E-state index contributed by atoms with van der Waals surface area (Å²) in [6, 6.07) is 3.38. The summed E-state index contributed by atoms with van der Waals surface area (Å²) in [5.74, 6) is 0.147. The lowest BCUT2D eigenvalue weighted by Gasteiger charge is -1.97. The third-order valence-electron chi connectivity index (χ3n) is 2.72. The Morgan fingerprint density at radius 1 is 1.20 bits per heavy atom. The predicted molar refractivity (Wildman–Crippen MR) is 78.5 cm³/mol. The van der Waals surface area contributed by atoms with Gasteiger partial charge < -0.3 is 5.32 Å². The molecule has 2 heterocycles. The molecular formula is C12H12N4O2S2. The lowest BCUT2D eigenvalue weighted by atomic mass is 10.4. The van der Waals surface area contributed by atoms with Crippen LogP contribution in [0.4, 0.5) is 10.1 Å². The molecular weight excluding hydrogens is 296 g/mol. The van der Waals surface area contributed by atoms with Gasteiger partial charge in [0, 0.05) is 12.8 Å². The third kappa shape index (κ3) is 3.02. The van der Waals surface area contributed by atoms with Crippen molar-refractivity contribution in [1.29, 1.82) is 0 Å². The number of nitrogens with zero attached hydrogens (tertiary/aromatic N) is 2. The van der Waals surface area contributed by atoms with Crippen molar-refractivity contribution < 1.29 is 9.59 Å². The van der Waals surface area contributed by atoms with Crippen LogP contribution in [0.3, 0.4) is 0 Å². The van der Waals surface area contributed by atoms with Crippen LogP contribution < -0.4 is 10.6 Å². The molecule has 2 N–H and O–H groups in total. The molecule has 0 aliphatic heterocycles. The first-order valence-corrected chi connectivity index (χ1v) is 7.77. The van der Waals surface area contributed by atoms with Gasteiger partial charge in [0.05, 0.1) is 9.88 Å². The molecule has 1 aliphatic rings. The molecule has 6 nitrogen and oxygen atoms in total. The number of anilines is 2. The molecule has 2 aromatic rings. The van der Waals surface area contributed by atoms with E-state index in [2.05, 4.69) is 20.8 Å². The molecule has 0 radical (unpaired) electrons. The molecule has 3 rings (SSSR count). The van der Waals surface area contributed by atoms with Crippen LogP contribution in [0.5, 0.6) is 0 Å². The topological polar surface area (TPSA) is 84.0 Å². The minimum atomic E-state index is -0.231. The van der Waals surface area contributed by atoms with E-state index in [1.165, 1.54) is 29.6 Å². The highest BCUT2D eigenvalue weighted by Crippen LogP contribution is 2.42. The third-order valence-corrected chi connectivity index (χ3v) is 4.72. The van der Waals surface area contributed by atoms with Crippen LogP contribution in [0.2, 0.25) is 0 Å². The van der Waals surface area contributed by atoms with Crippen LogP contribution in [-0.4, -0.2) is 22.0 Å². The van der Waals surface area contributed by atoms with Crippen LogP contribution in [0.25, 0.3) is 0 Å². The number of hydrogen-bond acceptors (Lipinski definition) is 6. The molecule has 0 bridgehead atoms. The zero-order valence-electron chi connectivity index (χ0n) is 10.7. The second kappa shape index (κ2) is 5.29. The van der Waals surface area contributed by atoms with Crippen molar-refractivity contribution in [2.75, 3.05) is 10.6 Å². The maximum atomic E-state index is 12.0. The molecule has 104 valence electrons. The summed E-state index contributed by atoms with van der Waals surface area (Å²) < 4.78 is 0. The summed E-state index contributed by atoms with van der Waals surface area (Å²) in [6.07, 6.45) is 2.32. The fraction of sp³-hybridized carbons (Fsp3) is 0.333. The quantitative estimate of drug-likeness (QED) is 0.909. The van der Waals surface area contributed by atoms with Crippen molar-refractivity contribution in [3.8, 4) is 0 Å². The second-order valence-electron chi connectivity index (χ2n) is 4.52. The standard InChI is InChI=1S/C12H12N4O2S2/c1-6(17)13-9-5-4-8(19-9)10(18)14-12-16-15-11(20-12)7-2-3-7/h4-5,7H,2-3H2,1H3,(H,13,17)(H,14,16,18). The normalized spacial score (nSPS) is 14.1. The molecule has 2 aromatic heterocycles. The SMILES string of the molecule is CC(=O)Nc1ccc(C(=O)Nc2nnc(C3CC3)s2)s1. The van der Waals surface area contributed by atoms with Gasteiger partial charge in [-0.25, -0.2) is 0 Å². The molecule has 0 unspecified atom stereocenters. The Kier molecular flexibility index (Phi) is 3.49. The van der Waals surface area contributed by atoms with E-state index < -0.39 is 0 Å². The molecule has 0 aromatic carbocycles. The highest BCUT2D eigenvalue weighted by atomic mass is 32.1. The first-order valence-electron chi connectivity index (χ1n) is 6.14. The predicted octanol–water partition coefficient (Wildman–Crippen LogP) is 2.69. The van der Waals surface area contributed by atoms with Gasteiger partial charge in [-0.3, -0.25) is 14.9 Å². The summed E-state index contributed by atoms with van der Waals surface area (Å²) in [4.78, 5) is 23.5. The van der Waals surface area contributed by atoms with Crippen LogP contribution in [0.1, 0.15) is 40.4 Å². The molecule has 0 saturated heterocycles. The van der Waals surface area contributed by atoms with E-state index in [1.807, 2.05) is 0 Å². The van der Waals surface area contributed by atoms with Crippen molar-refractivity contribution in [3.63, 3.8) is 0 Å². The number of hydrogen-bond donors (Lipinski definition) is 2. The van der Waals surface area contributed by atoms with Gasteiger partial charge >= 0.3 is 0 Å². The van der Waals surface area contributed by atoms with Crippen molar-refractivity contribution in [2.24, 2.45) is 0 Å². The Hall–Kier alpha value is -1.80. The molecule has 20 heavy (non-hydrogen) atoms. The van der Waals surface area contributed by atoms with E-state index in [0.29, 0.717) is 20.9 Å². The van der Waals surface area contributed by atoms with Crippen LogP contribution in [0, 0.1) is 0 Å². The highest BCUT2D eigenvalue weighted by Gasteiger charge is 2.27. The average molecular weight is 308 g/mol. The van der Waals surface area contributed by atoms with Gasteiger partial charge in [0.25, 0.3) is 5.91 Å². The van der Waals surface area contributed by atoms with Crippen molar-refractivity contribution in [3.05, 3.63) is 22.0 Å². The van der Waals surface area contributed by atoms with Gasteiger partial charge in [-0.2, -0.15) is 0 Å². The Balaban J connectivity index is 1.65. The van der Waals surface area contributed by atoms with Gasteiger partial charge in [-0.1, -0.05) is 11.3 Å². The molecule has 0 atom stereocenters. The lowest BCUT2D eigenvalue weighted by Crippen LogP contribution is -2.09. The van der Waals surface area contributed by atoms with E-state index in [-0.39, 0.29) is 11.8 Å². The maximum absolute atomic E-state index is 12.0. The monoisotopic (exact) mass is 308 g/mol. The second-order valence-corrected chi connectivity index (χ2v) is 6.61. The molecule has 8 heteroatoms. The molecule has 1 aliphatic carbocycles. The number of aromatic nitrogens is 2. The van der Waals surface area contributed by atoms with Crippen LogP contribution >= 0.6 is 22.7 Å². The van der Waals surface area contributed by atoms with Crippen molar-refractivity contribution >= 4 is 44.6 Å². The van der Waals surface area contributed by atoms with Gasteiger partial charge in [-0.05, 0) is 25.0 Å². The first-order chi connectivity index (χ1) is 9.61. The van der Waals surface area contributed by atoms with E-state index in [1.54, 1.807) is 12.1 Å². The summed E-state index contributed by atoms with van der Waals surface area (Å²) in [6.45, 7) is 1.43. The fourth-order valence-electron chi connectivity index (χ4n) is 1.64. The van der Waals surface area contributed by atoms with Crippen LogP contribution in [-0.2, 0) is 4.79 Å². The molecule has 1 fully saturated rings. The summed E-state index contributed by atoms with van der Waals surface area (Å²) in [5, 5.41) is 15.6. The van der Waals surface area contributed by atoms with Crippen molar-refractivity contribution in [1.82, 2.24) is 10.2 Å². The summed E-state index contributed by atoms with van der Waals surface area (Å²) >= 11 is 2.65. The maximum Gasteiger partial charge on any atom is 0.267 e. The lowest BCUT2D eigenvalue weighted by molar-refractivity contribution is -0.114. The molecule has 1 saturated carbocycles.